The fraction of sp³-hybridized carbons (Fsp3) is 0.571. The van der Waals surface area contributed by atoms with E-state index in [1.807, 2.05) is 0 Å². The molecule has 1 aromatic carbocycles. The van der Waals surface area contributed by atoms with E-state index in [4.69, 9.17) is 5.84 Å². The summed E-state index contributed by atoms with van der Waals surface area (Å²) in [6, 6.07) is 6.39. The van der Waals surface area contributed by atoms with E-state index in [0.717, 1.165) is 25.9 Å². The Hall–Kier alpha value is -1.15. The predicted octanol–water partition coefficient (Wildman–Crippen LogP) is 0.982. The maximum Gasteiger partial charge on any atom is 0.240 e. The van der Waals surface area contributed by atoms with E-state index in [2.05, 4.69) is 29.0 Å². The summed E-state index contributed by atoms with van der Waals surface area (Å²) in [6.45, 7) is 4.63. The Labute approximate surface area is 126 Å². The van der Waals surface area contributed by atoms with Crippen LogP contribution in [0.15, 0.2) is 29.2 Å². The molecule has 0 unspecified atom stereocenters. The number of piperidine rings is 1. The number of likely N-dealkylation sites (tertiary alicyclic amines) is 1. The molecule has 1 aromatic rings. The molecule has 0 spiro atoms. The first-order chi connectivity index (χ1) is 9.85. The first-order valence-corrected chi connectivity index (χ1v) is 8.58. The van der Waals surface area contributed by atoms with Crippen molar-refractivity contribution >= 4 is 15.7 Å². The molecule has 4 N–H and O–H groups in total. The van der Waals surface area contributed by atoms with Crippen LogP contribution in [0.4, 0.5) is 5.69 Å². The van der Waals surface area contributed by atoms with Crippen molar-refractivity contribution in [1.82, 2.24) is 9.62 Å². The first kappa shape index (κ1) is 16.2. The van der Waals surface area contributed by atoms with Gasteiger partial charge in [-0.2, -0.15) is 0 Å². The minimum Gasteiger partial charge on any atom is -0.324 e. The second-order valence-corrected chi connectivity index (χ2v) is 7.87. The smallest absolute Gasteiger partial charge is 0.240 e. The quantitative estimate of drug-likeness (QED) is 0.557. The second-order valence-electron chi connectivity index (χ2n) is 6.11. The minimum absolute atomic E-state index is 0.0261. The van der Waals surface area contributed by atoms with Crippen molar-refractivity contribution in [3.8, 4) is 0 Å². The third-order valence-corrected chi connectivity index (χ3v) is 5.63. The summed E-state index contributed by atoms with van der Waals surface area (Å²) in [4.78, 5) is 2.53. The number of benzene rings is 1. The third-order valence-electron chi connectivity index (χ3n) is 4.21. The molecule has 0 radical (unpaired) electrons. The van der Waals surface area contributed by atoms with Crippen molar-refractivity contribution < 1.29 is 8.42 Å². The summed E-state index contributed by atoms with van der Waals surface area (Å²) in [5.74, 6) is 5.27. The van der Waals surface area contributed by atoms with Crippen LogP contribution >= 0.6 is 0 Å². The maximum atomic E-state index is 12.3. The SMILES string of the molecule is CN1CCC(C)(CNS(=O)(=O)c2ccc(NN)cc2)CC1. The Morgan fingerprint density at radius 1 is 1.24 bits per heavy atom. The largest absolute Gasteiger partial charge is 0.324 e. The normalized spacial score (nSPS) is 19.4. The van der Waals surface area contributed by atoms with Gasteiger partial charge in [0, 0.05) is 12.2 Å². The summed E-state index contributed by atoms with van der Waals surface area (Å²) >= 11 is 0. The van der Waals surface area contributed by atoms with Gasteiger partial charge in [0.15, 0.2) is 0 Å². The molecule has 6 nitrogen and oxygen atoms in total. The van der Waals surface area contributed by atoms with E-state index >= 15 is 0 Å². The van der Waals surface area contributed by atoms with Gasteiger partial charge in [-0.15, -0.1) is 0 Å². The Balaban J connectivity index is 2.00. The summed E-state index contributed by atoms with van der Waals surface area (Å²) < 4.78 is 27.4. The third kappa shape index (κ3) is 4.16. The van der Waals surface area contributed by atoms with Gasteiger partial charge >= 0.3 is 0 Å². The molecule has 21 heavy (non-hydrogen) atoms. The van der Waals surface area contributed by atoms with Crippen LogP contribution < -0.4 is 16.0 Å². The minimum atomic E-state index is -3.47. The molecule has 0 atom stereocenters. The van der Waals surface area contributed by atoms with E-state index in [0.29, 0.717) is 12.2 Å². The van der Waals surface area contributed by atoms with Crippen molar-refractivity contribution in [2.75, 3.05) is 32.1 Å². The van der Waals surface area contributed by atoms with Gasteiger partial charge in [-0.1, -0.05) is 6.92 Å². The second kappa shape index (κ2) is 6.31. The molecule has 0 amide bonds. The van der Waals surface area contributed by atoms with Gasteiger partial charge in [-0.25, -0.2) is 13.1 Å². The number of rotatable bonds is 5. The number of nitrogens with two attached hydrogens (primary N) is 1. The van der Waals surface area contributed by atoms with Gasteiger partial charge in [0.2, 0.25) is 10.0 Å². The van der Waals surface area contributed by atoms with E-state index in [-0.39, 0.29) is 10.3 Å². The Kier molecular flexibility index (Phi) is 4.88. The highest BCUT2D eigenvalue weighted by molar-refractivity contribution is 7.89. The average Bonchev–Trinajstić information content (AvgIpc) is 2.49. The molecule has 2 rings (SSSR count). The lowest BCUT2D eigenvalue weighted by Gasteiger charge is -2.37. The molecule has 1 heterocycles. The lowest BCUT2D eigenvalue weighted by molar-refractivity contribution is 0.143. The van der Waals surface area contributed by atoms with E-state index < -0.39 is 10.0 Å². The number of nitrogens with one attached hydrogen (secondary N) is 2. The van der Waals surface area contributed by atoms with Gasteiger partial charge in [0.25, 0.3) is 0 Å². The molecule has 7 heteroatoms. The lowest BCUT2D eigenvalue weighted by Crippen LogP contribution is -2.43. The molecule has 1 aliphatic heterocycles. The molecule has 0 aromatic heterocycles. The summed E-state index contributed by atoms with van der Waals surface area (Å²) in [5.41, 5.74) is 3.18. The lowest BCUT2D eigenvalue weighted by atomic mass is 9.81. The molecular formula is C14H24N4O2S. The van der Waals surface area contributed by atoms with Crippen LogP contribution in [-0.4, -0.2) is 40.0 Å². The standard InChI is InChI=1S/C14H24N4O2S/c1-14(7-9-18(2)10-8-14)11-16-21(19,20)13-5-3-12(17-15)4-6-13/h3-6,16-17H,7-11,15H2,1-2H3. The van der Waals surface area contributed by atoms with Crippen molar-refractivity contribution in [1.29, 1.82) is 0 Å². The molecule has 0 saturated carbocycles. The number of nitrogens with zero attached hydrogens (tertiary/aromatic N) is 1. The van der Waals surface area contributed by atoms with E-state index in [9.17, 15) is 8.42 Å². The highest BCUT2D eigenvalue weighted by Crippen LogP contribution is 2.30. The van der Waals surface area contributed by atoms with E-state index in [1.165, 1.54) is 0 Å². The molecule has 118 valence electrons. The number of anilines is 1. The number of nitrogen functional groups attached to an aromatic ring is 1. The average molecular weight is 312 g/mol. The molecule has 0 bridgehead atoms. The van der Waals surface area contributed by atoms with Crippen molar-refractivity contribution in [2.24, 2.45) is 11.3 Å². The number of hydrazine groups is 1. The van der Waals surface area contributed by atoms with Crippen LogP contribution in [-0.2, 0) is 10.0 Å². The number of sulfonamides is 1. The van der Waals surface area contributed by atoms with Gasteiger partial charge < -0.3 is 10.3 Å². The summed E-state index contributed by atoms with van der Waals surface area (Å²) in [6.07, 6.45) is 2.00. The molecule has 1 aliphatic rings. The molecule has 1 fully saturated rings. The first-order valence-electron chi connectivity index (χ1n) is 7.10. The topological polar surface area (TPSA) is 87.5 Å². The Bertz CT molecular complexity index is 563. The van der Waals surface area contributed by atoms with Gasteiger partial charge in [-0.3, -0.25) is 5.84 Å². The van der Waals surface area contributed by atoms with Crippen molar-refractivity contribution in [2.45, 2.75) is 24.7 Å². The molecule has 0 aliphatic carbocycles. The molecular weight excluding hydrogens is 288 g/mol. The predicted molar refractivity (Wildman–Crippen MR) is 84.3 cm³/mol. The van der Waals surface area contributed by atoms with Crippen molar-refractivity contribution in [3.05, 3.63) is 24.3 Å². The fourth-order valence-corrected chi connectivity index (χ4v) is 3.62. The zero-order valence-corrected chi connectivity index (χ0v) is 13.4. The van der Waals surface area contributed by atoms with Gasteiger partial charge in [0.05, 0.1) is 4.90 Å². The highest BCUT2D eigenvalue weighted by Gasteiger charge is 2.30. The molecule has 1 saturated heterocycles. The zero-order chi connectivity index (χ0) is 15.5. The number of hydrogen-bond donors (Lipinski definition) is 3. The van der Waals surface area contributed by atoms with Crippen LogP contribution in [0.2, 0.25) is 0 Å². The maximum absolute atomic E-state index is 12.3. The fourth-order valence-electron chi connectivity index (χ4n) is 2.42. The van der Waals surface area contributed by atoms with Gasteiger partial charge in [0.1, 0.15) is 0 Å². The highest BCUT2D eigenvalue weighted by atomic mass is 32.2. The van der Waals surface area contributed by atoms with Crippen molar-refractivity contribution in [3.63, 3.8) is 0 Å². The zero-order valence-electron chi connectivity index (χ0n) is 12.6. The van der Waals surface area contributed by atoms with E-state index in [1.54, 1.807) is 24.3 Å². The van der Waals surface area contributed by atoms with Crippen LogP contribution in [0.1, 0.15) is 19.8 Å². The number of hydrogen-bond acceptors (Lipinski definition) is 5. The van der Waals surface area contributed by atoms with Crippen LogP contribution in [0, 0.1) is 5.41 Å². The monoisotopic (exact) mass is 312 g/mol. The van der Waals surface area contributed by atoms with Crippen LogP contribution in [0.5, 0.6) is 0 Å². The summed E-state index contributed by atoms with van der Waals surface area (Å²) in [5, 5.41) is 0. The van der Waals surface area contributed by atoms with Crippen LogP contribution in [0.3, 0.4) is 0 Å². The Morgan fingerprint density at radius 3 is 2.33 bits per heavy atom. The Morgan fingerprint density at radius 2 is 1.81 bits per heavy atom. The van der Waals surface area contributed by atoms with Crippen LogP contribution in [0.25, 0.3) is 0 Å². The van der Waals surface area contributed by atoms with Gasteiger partial charge in [-0.05, 0) is 62.7 Å². The summed E-state index contributed by atoms with van der Waals surface area (Å²) in [7, 11) is -1.37.